The van der Waals surface area contributed by atoms with Crippen molar-refractivity contribution >= 4 is 0 Å². The topological polar surface area (TPSA) is 30.5 Å². The Hall–Kier alpha value is -1.34. The van der Waals surface area contributed by atoms with E-state index in [0.29, 0.717) is 12.1 Å². The van der Waals surface area contributed by atoms with E-state index in [1.807, 2.05) is 6.92 Å². The number of rotatable bonds is 8. The first-order valence-electron chi connectivity index (χ1n) is 6.58. The van der Waals surface area contributed by atoms with Gasteiger partial charge in [0.25, 0.3) is 0 Å². The third-order valence-corrected chi connectivity index (χ3v) is 2.77. The lowest BCUT2D eigenvalue weighted by Gasteiger charge is -2.20. The SMILES string of the molecule is CCCNC(COCC(F)(F)F)c1ccc(OC)c(F)c1. The molecule has 0 amide bonds. The van der Waals surface area contributed by atoms with E-state index in [1.54, 1.807) is 6.07 Å². The summed E-state index contributed by atoms with van der Waals surface area (Å²) in [5, 5.41) is 3.04. The summed E-state index contributed by atoms with van der Waals surface area (Å²) < 4.78 is 59.5. The maximum Gasteiger partial charge on any atom is 0.411 e. The number of nitrogens with one attached hydrogen (secondary N) is 1. The molecule has 7 heteroatoms. The van der Waals surface area contributed by atoms with Crippen molar-refractivity contribution in [3.63, 3.8) is 0 Å². The van der Waals surface area contributed by atoms with Crippen LogP contribution in [0.2, 0.25) is 0 Å². The van der Waals surface area contributed by atoms with Crippen LogP contribution in [0, 0.1) is 5.82 Å². The van der Waals surface area contributed by atoms with Gasteiger partial charge >= 0.3 is 6.18 Å². The van der Waals surface area contributed by atoms with E-state index in [1.165, 1.54) is 19.2 Å². The van der Waals surface area contributed by atoms with Gasteiger partial charge < -0.3 is 14.8 Å². The molecule has 1 N–H and O–H groups in total. The maximum atomic E-state index is 13.7. The average molecular weight is 309 g/mol. The molecule has 0 radical (unpaired) electrons. The van der Waals surface area contributed by atoms with Gasteiger partial charge in [-0.15, -0.1) is 0 Å². The zero-order valence-electron chi connectivity index (χ0n) is 12.0. The number of ether oxygens (including phenoxy) is 2. The second-order valence-electron chi connectivity index (χ2n) is 4.53. The lowest BCUT2D eigenvalue weighted by Crippen LogP contribution is -2.28. The van der Waals surface area contributed by atoms with Crippen molar-refractivity contribution in [2.24, 2.45) is 0 Å². The molecule has 0 fully saturated rings. The Balaban J connectivity index is 2.74. The second-order valence-corrected chi connectivity index (χ2v) is 4.53. The fourth-order valence-electron chi connectivity index (χ4n) is 1.78. The normalized spacial score (nSPS) is 13.2. The van der Waals surface area contributed by atoms with Crippen LogP contribution >= 0.6 is 0 Å². The van der Waals surface area contributed by atoms with Crippen LogP contribution in [-0.4, -0.2) is 33.0 Å². The minimum atomic E-state index is -4.37. The van der Waals surface area contributed by atoms with Crippen LogP contribution in [0.1, 0.15) is 24.9 Å². The van der Waals surface area contributed by atoms with Crippen molar-refractivity contribution < 1.29 is 27.0 Å². The molecule has 0 saturated heterocycles. The van der Waals surface area contributed by atoms with E-state index >= 15 is 0 Å². The summed E-state index contributed by atoms with van der Waals surface area (Å²) in [6.07, 6.45) is -3.57. The van der Waals surface area contributed by atoms with Crippen LogP contribution in [0.15, 0.2) is 18.2 Å². The van der Waals surface area contributed by atoms with Gasteiger partial charge in [-0.1, -0.05) is 13.0 Å². The molecule has 0 heterocycles. The van der Waals surface area contributed by atoms with Gasteiger partial charge in [0.2, 0.25) is 0 Å². The third-order valence-electron chi connectivity index (χ3n) is 2.77. The number of methoxy groups -OCH3 is 1. The van der Waals surface area contributed by atoms with Crippen molar-refractivity contribution in [3.8, 4) is 5.75 Å². The van der Waals surface area contributed by atoms with E-state index in [-0.39, 0.29) is 12.4 Å². The van der Waals surface area contributed by atoms with Crippen LogP contribution in [0.25, 0.3) is 0 Å². The lowest BCUT2D eigenvalue weighted by molar-refractivity contribution is -0.175. The predicted octanol–water partition coefficient (Wildman–Crippen LogP) is 3.45. The van der Waals surface area contributed by atoms with E-state index in [2.05, 4.69) is 10.1 Å². The first-order valence-corrected chi connectivity index (χ1v) is 6.58. The summed E-state index contributed by atoms with van der Waals surface area (Å²) in [5.41, 5.74) is 0.518. The highest BCUT2D eigenvalue weighted by Crippen LogP contribution is 2.23. The number of hydrogen-bond acceptors (Lipinski definition) is 3. The molecule has 1 aromatic carbocycles. The molecule has 1 aromatic rings. The largest absolute Gasteiger partial charge is 0.494 e. The van der Waals surface area contributed by atoms with E-state index in [9.17, 15) is 17.6 Å². The lowest BCUT2D eigenvalue weighted by atomic mass is 10.1. The monoisotopic (exact) mass is 309 g/mol. The van der Waals surface area contributed by atoms with Crippen molar-refractivity contribution in [2.75, 3.05) is 26.9 Å². The van der Waals surface area contributed by atoms with Crippen LogP contribution in [-0.2, 0) is 4.74 Å². The highest BCUT2D eigenvalue weighted by Gasteiger charge is 2.28. The Bertz CT molecular complexity index is 437. The molecule has 1 unspecified atom stereocenters. The van der Waals surface area contributed by atoms with E-state index < -0.39 is 24.6 Å². The maximum absolute atomic E-state index is 13.7. The molecule has 0 saturated carbocycles. The Labute approximate surface area is 121 Å². The minimum absolute atomic E-state index is 0.0872. The molecule has 120 valence electrons. The molecule has 21 heavy (non-hydrogen) atoms. The quantitative estimate of drug-likeness (QED) is 0.746. The van der Waals surface area contributed by atoms with Crippen LogP contribution in [0.3, 0.4) is 0 Å². The van der Waals surface area contributed by atoms with Gasteiger partial charge in [-0.05, 0) is 30.7 Å². The molecular formula is C14H19F4NO2. The molecule has 0 bridgehead atoms. The Morgan fingerprint density at radius 3 is 2.52 bits per heavy atom. The Kier molecular flexibility index (Phi) is 6.91. The molecule has 0 aliphatic heterocycles. The number of halogens is 4. The van der Waals surface area contributed by atoms with Gasteiger partial charge in [0.15, 0.2) is 11.6 Å². The summed E-state index contributed by atoms with van der Waals surface area (Å²) in [7, 11) is 1.34. The van der Waals surface area contributed by atoms with Crippen LogP contribution in [0.4, 0.5) is 17.6 Å². The zero-order valence-corrected chi connectivity index (χ0v) is 12.0. The third kappa shape index (κ3) is 6.31. The molecule has 0 aliphatic rings. The summed E-state index contributed by atoms with van der Waals surface area (Å²) in [6.45, 7) is 1.00. The van der Waals surface area contributed by atoms with E-state index in [0.717, 1.165) is 6.42 Å². The Morgan fingerprint density at radius 2 is 2.00 bits per heavy atom. The number of benzene rings is 1. The number of alkyl halides is 3. The van der Waals surface area contributed by atoms with Gasteiger partial charge in [0.05, 0.1) is 19.8 Å². The van der Waals surface area contributed by atoms with Crippen molar-refractivity contribution in [1.29, 1.82) is 0 Å². The average Bonchev–Trinajstić information content (AvgIpc) is 2.41. The molecule has 1 rings (SSSR count). The Morgan fingerprint density at radius 1 is 1.29 bits per heavy atom. The fraction of sp³-hybridized carbons (Fsp3) is 0.571. The molecular weight excluding hydrogens is 290 g/mol. The van der Waals surface area contributed by atoms with Crippen molar-refractivity contribution in [2.45, 2.75) is 25.6 Å². The summed E-state index contributed by atoms with van der Waals surface area (Å²) >= 11 is 0. The van der Waals surface area contributed by atoms with Gasteiger partial charge in [-0.25, -0.2) is 4.39 Å². The first kappa shape index (κ1) is 17.7. The summed E-state index contributed by atoms with van der Waals surface area (Å²) in [6, 6.07) is 3.78. The molecule has 0 aromatic heterocycles. The fourth-order valence-corrected chi connectivity index (χ4v) is 1.78. The van der Waals surface area contributed by atoms with Gasteiger partial charge in [-0.3, -0.25) is 0 Å². The first-order chi connectivity index (χ1) is 9.87. The summed E-state index contributed by atoms with van der Waals surface area (Å²) in [4.78, 5) is 0. The van der Waals surface area contributed by atoms with Gasteiger partial charge in [0, 0.05) is 0 Å². The van der Waals surface area contributed by atoms with Crippen LogP contribution in [0.5, 0.6) is 5.75 Å². The van der Waals surface area contributed by atoms with Gasteiger partial charge in [0.1, 0.15) is 6.61 Å². The van der Waals surface area contributed by atoms with Gasteiger partial charge in [-0.2, -0.15) is 13.2 Å². The molecule has 1 atom stereocenters. The smallest absolute Gasteiger partial charge is 0.411 e. The minimum Gasteiger partial charge on any atom is -0.494 e. The predicted molar refractivity (Wildman–Crippen MR) is 70.9 cm³/mol. The van der Waals surface area contributed by atoms with Crippen molar-refractivity contribution in [1.82, 2.24) is 5.32 Å². The highest BCUT2D eigenvalue weighted by atomic mass is 19.4. The van der Waals surface area contributed by atoms with Crippen molar-refractivity contribution in [3.05, 3.63) is 29.6 Å². The summed E-state index contributed by atoms with van der Waals surface area (Å²) in [5.74, 6) is -0.474. The molecule has 0 spiro atoms. The number of hydrogen-bond donors (Lipinski definition) is 1. The molecule has 3 nitrogen and oxygen atoms in total. The standard InChI is InChI=1S/C14H19F4NO2/c1-3-6-19-12(8-21-9-14(16,17)18)10-4-5-13(20-2)11(15)7-10/h4-5,7,12,19H,3,6,8-9H2,1-2H3. The second kappa shape index (κ2) is 8.19. The zero-order chi connectivity index (χ0) is 15.9. The van der Waals surface area contributed by atoms with E-state index in [4.69, 9.17) is 4.74 Å². The van der Waals surface area contributed by atoms with Crippen LogP contribution < -0.4 is 10.1 Å². The highest BCUT2D eigenvalue weighted by molar-refractivity contribution is 5.31. The molecule has 0 aliphatic carbocycles.